The summed E-state index contributed by atoms with van der Waals surface area (Å²) in [4.78, 5) is 27.1. The number of amides is 2. The van der Waals surface area contributed by atoms with Gasteiger partial charge < -0.3 is 16.0 Å². The Hall–Kier alpha value is -2.88. The first-order valence-corrected chi connectivity index (χ1v) is 9.88. The molecule has 2 atom stereocenters. The van der Waals surface area contributed by atoms with Crippen molar-refractivity contribution < 1.29 is 14.0 Å². The van der Waals surface area contributed by atoms with Crippen molar-refractivity contribution >= 4 is 11.8 Å². The van der Waals surface area contributed by atoms with Crippen LogP contribution in [0.15, 0.2) is 24.5 Å². The molecule has 2 heterocycles. The topological polar surface area (TPSA) is 119 Å². The minimum atomic E-state index is -0.550. The van der Waals surface area contributed by atoms with Crippen LogP contribution in [-0.4, -0.2) is 55.5 Å². The van der Waals surface area contributed by atoms with Gasteiger partial charge in [0.1, 0.15) is 18.2 Å². The third kappa shape index (κ3) is 4.42. The van der Waals surface area contributed by atoms with Crippen LogP contribution in [0.4, 0.5) is 4.39 Å². The number of nitrogens with zero attached hydrogens (tertiary/aromatic N) is 5. The van der Waals surface area contributed by atoms with Crippen molar-refractivity contribution in [2.75, 3.05) is 6.54 Å². The zero-order chi connectivity index (χ0) is 20.4. The summed E-state index contributed by atoms with van der Waals surface area (Å²) in [5, 5.41) is 13.8. The number of benzene rings is 1. The highest BCUT2D eigenvalue weighted by molar-refractivity contribution is 5.90. The molecule has 0 radical (unpaired) electrons. The van der Waals surface area contributed by atoms with Crippen molar-refractivity contribution in [3.8, 4) is 5.69 Å². The van der Waals surface area contributed by atoms with Crippen LogP contribution < -0.4 is 11.1 Å². The fourth-order valence-electron chi connectivity index (χ4n) is 3.82. The molecule has 0 bridgehead atoms. The van der Waals surface area contributed by atoms with Crippen LogP contribution in [0.2, 0.25) is 0 Å². The zero-order valence-electron chi connectivity index (χ0n) is 16.0. The second-order valence-corrected chi connectivity index (χ2v) is 7.72. The van der Waals surface area contributed by atoms with Gasteiger partial charge in [-0.25, -0.2) is 9.07 Å². The fraction of sp³-hybridized carbons (Fsp3) is 0.526. The number of nitrogens with one attached hydrogen (secondary N) is 1. The molecular formula is C19H24FN7O2. The Bertz CT molecular complexity index is 885. The van der Waals surface area contributed by atoms with Crippen LogP contribution in [0.3, 0.4) is 0 Å². The van der Waals surface area contributed by atoms with Crippen LogP contribution in [0, 0.1) is 11.7 Å². The Morgan fingerprint density at radius 1 is 1.31 bits per heavy atom. The fourth-order valence-corrected chi connectivity index (χ4v) is 3.82. The van der Waals surface area contributed by atoms with Crippen molar-refractivity contribution in [3.05, 3.63) is 35.9 Å². The molecule has 1 aromatic carbocycles. The predicted molar refractivity (Wildman–Crippen MR) is 101 cm³/mol. The molecule has 1 saturated carbocycles. The van der Waals surface area contributed by atoms with E-state index >= 15 is 0 Å². The molecule has 1 aromatic heterocycles. The summed E-state index contributed by atoms with van der Waals surface area (Å²) in [6.07, 6.45) is 5.69. The molecule has 154 valence electrons. The van der Waals surface area contributed by atoms with Gasteiger partial charge in [-0.05, 0) is 59.4 Å². The van der Waals surface area contributed by atoms with E-state index in [-0.39, 0.29) is 18.4 Å². The molecule has 2 fully saturated rings. The second-order valence-electron chi connectivity index (χ2n) is 7.72. The Kier molecular flexibility index (Phi) is 5.52. The number of likely N-dealkylation sites (tertiary alicyclic amines) is 1. The summed E-state index contributed by atoms with van der Waals surface area (Å²) in [5.41, 5.74) is 7.18. The van der Waals surface area contributed by atoms with Crippen LogP contribution in [0.5, 0.6) is 0 Å². The summed E-state index contributed by atoms with van der Waals surface area (Å²) in [7, 11) is 0. The highest BCUT2D eigenvalue weighted by Crippen LogP contribution is 2.33. The van der Waals surface area contributed by atoms with E-state index < -0.39 is 17.9 Å². The molecule has 0 spiro atoms. The lowest BCUT2D eigenvalue weighted by molar-refractivity contribution is -0.139. The largest absolute Gasteiger partial charge is 0.350 e. The van der Waals surface area contributed by atoms with Gasteiger partial charge in [0, 0.05) is 13.1 Å². The third-order valence-electron chi connectivity index (χ3n) is 5.53. The lowest BCUT2D eigenvalue weighted by atomic mass is 10.1. The number of aromatic nitrogens is 4. The number of rotatable bonds is 7. The summed E-state index contributed by atoms with van der Waals surface area (Å²) >= 11 is 0. The lowest BCUT2D eigenvalue weighted by Gasteiger charge is -2.27. The van der Waals surface area contributed by atoms with Crippen molar-refractivity contribution in [3.63, 3.8) is 0 Å². The average Bonchev–Trinajstić information content (AvgIpc) is 3.18. The van der Waals surface area contributed by atoms with E-state index in [0.717, 1.165) is 19.3 Å². The van der Waals surface area contributed by atoms with Gasteiger partial charge >= 0.3 is 0 Å². The summed E-state index contributed by atoms with van der Waals surface area (Å²) in [6, 6.07) is 3.10. The van der Waals surface area contributed by atoms with Gasteiger partial charge in [-0.2, -0.15) is 0 Å². The summed E-state index contributed by atoms with van der Waals surface area (Å²) in [5.74, 6) is -0.299. The van der Waals surface area contributed by atoms with E-state index in [9.17, 15) is 14.0 Å². The minimum absolute atomic E-state index is 0.0957. The lowest BCUT2D eigenvalue weighted by Crippen LogP contribution is -2.51. The van der Waals surface area contributed by atoms with Crippen molar-refractivity contribution in [2.24, 2.45) is 11.7 Å². The van der Waals surface area contributed by atoms with Crippen molar-refractivity contribution in [1.82, 2.24) is 30.4 Å². The molecule has 2 amide bonds. The maximum absolute atomic E-state index is 13.7. The molecule has 2 unspecified atom stereocenters. The van der Waals surface area contributed by atoms with Gasteiger partial charge in [-0.15, -0.1) is 5.10 Å². The molecule has 3 N–H and O–H groups in total. The van der Waals surface area contributed by atoms with Gasteiger partial charge in [0.2, 0.25) is 11.8 Å². The first kappa shape index (κ1) is 19.4. The monoisotopic (exact) mass is 401 g/mol. The Balaban J connectivity index is 1.41. The Morgan fingerprint density at radius 2 is 2.14 bits per heavy atom. The Labute approximate surface area is 167 Å². The SMILES string of the molecule is NC(CC1CC1)C(=O)N1CCCC1C(=O)NCc1cc(F)ccc1-n1cnnn1. The molecule has 9 nitrogen and oxygen atoms in total. The number of carbonyl (C=O) groups excluding carboxylic acids is 2. The normalized spacial score (nSPS) is 19.9. The van der Waals surface area contributed by atoms with Crippen LogP contribution in [0.25, 0.3) is 5.69 Å². The highest BCUT2D eigenvalue weighted by Gasteiger charge is 2.37. The average molecular weight is 401 g/mol. The molecule has 29 heavy (non-hydrogen) atoms. The number of carbonyl (C=O) groups is 2. The quantitative estimate of drug-likeness (QED) is 0.699. The van der Waals surface area contributed by atoms with E-state index in [0.29, 0.717) is 36.6 Å². The molecule has 1 saturated heterocycles. The first-order chi connectivity index (χ1) is 14.0. The van der Waals surface area contributed by atoms with E-state index in [1.165, 1.54) is 23.1 Å². The maximum atomic E-state index is 13.7. The Morgan fingerprint density at radius 3 is 2.86 bits per heavy atom. The van der Waals surface area contributed by atoms with Crippen molar-refractivity contribution in [1.29, 1.82) is 0 Å². The van der Waals surface area contributed by atoms with E-state index in [1.807, 2.05) is 0 Å². The first-order valence-electron chi connectivity index (χ1n) is 9.88. The molecule has 10 heteroatoms. The molecule has 2 aromatic rings. The van der Waals surface area contributed by atoms with Gasteiger partial charge in [0.15, 0.2) is 0 Å². The van der Waals surface area contributed by atoms with Gasteiger partial charge in [-0.1, -0.05) is 12.8 Å². The number of hydrogen-bond acceptors (Lipinski definition) is 6. The smallest absolute Gasteiger partial charge is 0.243 e. The number of tetrazole rings is 1. The van der Waals surface area contributed by atoms with Crippen LogP contribution in [0.1, 0.15) is 37.7 Å². The van der Waals surface area contributed by atoms with Gasteiger partial charge in [-0.3, -0.25) is 9.59 Å². The second kappa shape index (κ2) is 8.24. The summed E-state index contributed by atoms with van der Waals surface area (Å²) < 4.78 is 15.1. The number of halogens is 1. The van der Waals surface area contributed by atoms with Gasteiger partial charge in [0.05, 0.1) is 11.7 Å². The molecule has 1 aliphatic heterocycles. The van der Waals surface area contributed by atoms with Crippen molar-refractivity contribution in [2.45, 2.75) is 50.7 Å². The van der Waals surface area contributed by atoms with Crippen LogP contribution in [-0.2, 0) is 16.1 Å². The van der Waals surface area contributed by atoms with E-state index in [2.05, 4.69) is 20.8 Å². The molecule has 4 rings (SSSR count). The zero-order valence-corrected chi connectivity index (χ0v) is 16.0. The number of nitrogens with two attached hydrogens (primary N) is 1. The van der Waals surface area contributed by atoms with E-state index in [1.54, 1.807) is 11.0 Å². The highest BCUT2D eigenvalue weighted by atomic mass is 19.1. The predicted octanol–water partition coefficient (Wildman–Crippen LogP) is 0.536. The summed E-state index contributed by atoms with van der Waals surface area (Å²) in [6.45, 7) is 0.629. The maximum Gasteiger partial charge on any atom is 0.243 e. The van der Waals surface area contributed by atoms with E-state index in [4.69, 9.17) is 5.73 Å². The van der Waals surface area contributed by atoms with Crippen LogP contribution >= 0.6 is 0 Å². The third-order valence-corrected chi connectivity index (χ3v) is 5.53. The molecular weight excluding hydrogens is 377 g/mol. The molecule has 1 aliphatic carbocycles. The van der Waals surface area contributed by atoms with Gasteiger partial charge in [0.25, 0.3) is 0 Å². The molecule has 2 aliphatic rings. The standard InChI is InChI=1S/C19H24FN7O2/c20-14-5-6-16(27-11-23-24-25-27)13(9-14)10-22-18(28)17-2-1-7-26(17)19(29)15(21)8-12-3-4-12/h5-6,9,11-12,15,17H,1-4,7-8,10,21H2,(H,22,28). The number of hydrogen-bond donors (Lipinski definition) is 2. The minimum Gasteiger partial charge on any atom is -0.350 e.